The van der Waals surface area contributed by atoms with Crippen molar-refractivity contribution in [2.24, 2.45) is 0 Å². The summed E-state index contributed by atoms with van der Waals surface area (Å²) < 4.78 is 5.06. The average molecular weight is 194 g/mol. The van der Waals surface area contributed by atoms with Crippen LogP contribution in [-0.2, 0) is 4.74 Å². The lowest BCUT2D eigenvalue weighted by Crippen LogP contribution is -2.32. The van der Waals surface area contributed by atoms with Crippen LogP contribution >= 0.6 is 0 Å². The van der Waals surface area contributed by atoms with E-state index in [0.29, 0.717) is 6.04 Å². The van der Waals surface area contributed by atoms with Gasteiger partial charge in [-0.15, -0.1) is 0 Å². The van der Waals surface area contributed by atoms with Crippen molar-refractivity contribution < 1.29 is 4.74 Å². The van der Waals surface area contributed by atoms with Crippen LogP contribution in [-0.4, -0.2) is 24.7 Å². The Morgan fingerprint density at radius 2 is 2.21 bits per heavy atom. The largest absolute Gasteiger partial charge is 0.383 e. The van der Waals surface area contributed by atoms with E-state index < -0.39 is 0 Å². The summed E-state index contributed by atoms with van der Waals surface area (Å²) in [6, 6.07) is 6.56. The molecule has 0 bridgehead atoms. The molecule has 0 amide bonds. The highest BCUT2D eigenvalue weighted by Gasteiger charge is 2.09. The van der Waals surface area contributed by atoms with Gasteiger partial charge in [0.1, 0.15) is 0 Å². The molecule has 0 aliphatic rings. The summed E-state index contributed by atoms with van der Waals surface area (Å²) in [5.41, 5.74) is 1.07. The number of pyridine rings is 1. The predicted molar refractivity (Wildman–Crippen MR) is 57.1 cm³/mol. The lowest BCUT2D eigenvalue weighted by molar-refractivity contribution is 0.167. The molecule has 0 aromatic carbocycles. The molecule has 0 aliphatic carbocycles. The van der Waals surface area contributed by atoms with E-state index in [9.17, 15) is 0 Å². The molecule has 0 aliphatic heterocycles. The summed E-state index contributed by atoms with van der Waals surface area (Å²) in [6.45, 7) is 4.93. The van der Waals surface area contributed by atoms with E-state index in [4.69, 9.17) is 4.74 Å². The first-order valence-corrected chi connectivity index (χ1v) is 4.90. The van der Waals surface area contributed by atoms with Crippen molar-refractivity contribution in [1.29, 1.82) is 0 Å². The highest BCUT2D eigenvalue weighted by Crippen LogP contribution is 2.08. The molecule has 0 spiro atoms. The van der Waals surface area contributed by atoms with Gasteiger partial charge in [0.2, 0.25) is 0 Å². The lowest BCUT2D eigenvalue weighted by Gasteiger charge is -2.18. The zero-order chi connectivity index (χ0) is 10.4. The normalized spacial score (nSPS) is 15.1. The molecule has 1 aromatic rings. The van der Waals surface area contributed by atoms with Crippen LogP contribution in [0.15, 0.2) is 24.4 Å². The SMILES string of the molecule is COC[C@H](C)N[C@@H](C)c1ccccn1. The maximum absolute atomic E-state index is 5.06. The van der Waals surface area contributed by atoms with Crippen molar-refractivity contribution in [3.05, 3.63) is 30.1 Å². The van der Waals surface area contributed by atoms with Gasteiger partial charge in [-0.2, -0.15) is 0 Å². The highest BCUT2D eigenvalue weighted by atomic mass is 16.5. The molecule has 0 fully saturated rings. The fraction of sp³-hybridized carbons (Fsp3) is 0.545. The Hall–Kier alpha value is -0.930. The minimum absolute atomic E-state index is 0.265. The average Bonchev–Trinajstić information content (AvgIpc) is 2.19. The van der Waals surface area contributed by atoms with E-state index in [2.05, 4.69) is 24.1 Å². The summed E-state index contributed by atoms with van der Waals surface area (Å²) in [5, 5.41) is 3.41. The molecule has 1 aromatic heterocycles. The second-order valence-electron chi connectivity index (χ2n) is 3.50. The Balaban J connectivity index is 2.46. The fourth-order valence-corrected chi connectivity index (χ4v) is 1.44. The molecule has 1 N–H and O–H groups in total. The monoisotopic (exact) mass is 194 g/mol. The van der Waals surface area contributed by atoms with Crippen molar-refractivity contribution in [3.8, 4) is 0 Å². The van der Waals surface area contributed by atoms with Gasteiger partial charge in [0.15, 0.2) is 0 Å². The highest BCUT2D eigenvalue weighted by molar-refractivity contribution is 5.07. The third kappa shape index (κ3) is 3.44. The zero-order valence-electron chi connectivity index (χ0n) is 9.03. The predicted octanol–water partition coefficient (Wildman–Crippen LogP) is 1.77. The quantitative estimate of drug-likeness (QED) is 0.775. The van der Waals surface area contributed by atoms with Gasteiger partial charge in [0, 0.05) is 25.4 Å². The first kappa shape index (κ1) is 11.1. The Labute approximate surface area is 85.5 Å². The van der Waals surface area contributed by atoms with Crippen molar-refractivity contribution in [2.45, 2.75) is 25.9 Å². The summed E-state index contributed by atoms with van der Waals surface area (Å²) in [7, 11) is 1.71. The molecule has 2 atom stereocenters. The van der Waals surface area contributed by atoms with E-state index in [-0.39, 0.29) is 6.04 Å². The molecule has 0 saturated heterocycles. The van der Waals surface area contributed by atoms with Crippen molar-refractivity contribution in [3.63, 3.8) is 0 Å². The lowest BCUT2D eigenvalue weighted by atomic mass is 10.2. The van der Waals surface area contributed by atoms with Gasteiger partial charge in [-0.05, 0) is 26.0 Å². The van der Waals surface area contributed by atoms with E-state index in [1.165, 1.54) is 0 Å². The van der Waals surface area contributed by atoms with Crippen LogP contribution < -0.4 is 5.32 Å². The van der Waals surface area contributed by atoms with Crippen molar-refractivity contribution >= 4 is 0 Å². The molecule has 14 heavy (non-hydrogen) atoms. The smallest absolute Gasteiger partial charge is 0.0613 e. The molecule has 3 heteroatoms. The fourth-order valence-electron chi connectivity index (χ4n) is 1.44. The molecule has 3 nitrogen and oxygen atoms in total. The van der Waals surface area contributed by atoms with Gasteiger partial charge in [-0.1, -0.05) is 6.07 Å². The van der Waals surface area contributed by atoms with Gasteiger partial charge >= 0.3 is 0 Å². The molecular weight excluding hydrogens is 176 g/mol. The van der Waals surface area contributed by atoms with E-state index in [0.717, 1.165) is 12.3 Å². The molecule has 1 heterocycles. The number of rotatable bonds is 5. The van der Waals surface area contributed by atoms with Crippen LogP contribution in [0.25, 0.3) is 0 Å². The molecule has 78 valence electrons. The summed E-state index contributed by atoms with van der Waals surface area (Å²) in [5.74, 6) is 0. The zero-order valence-corrected chi connectivity index (χ0v) is 9.03. The van der Waals surface area contributed by atoms with Crippen molar-refractivity contribution in [1.82, 2.24) is 10.3 Å². The number of nitrogens with one attached hydrogen (secondary N) is 1. The van der Waals surface area contributed by atoms with Gasteiger partial charge in [0.25, 0.3) is 0 Å². The van der Waals surface area contributed by atoms with Gasteiger partial charge < -0.3 is 10.1 Å². The minimum atomic E-state index is 0.265. The Morgan fingerprint density at radius 1 is 1.43 bits per heavy atom. The topological polar surface area (TPSA) is 34.1 Å². The van der Waals surface area contributed by atoms with Gasteiger partial charge in [0.05, 0.1) is 12.3 Å². The maximum Gasteiger partial charge on any atom is 0.0613 e. The second-order valence-corrected chi connectivity index (χ2v) is 3.50. The van der Waals surface area contributed by atoms with E-state index >= 15 is 0 Å². The first-order chi connectivity index (χ1) is 6.74. The molecule has 1 rings (SSSR count). The van der Waals surface area contributed by atoms with E-state index in [1.807, 2.05) is 24.4 Å². The molecule has 0 radical (unpaired) electrons. The number of hydrogen-bond acceptors (Lipinski definition) is 3. The summed E-state index contributed by atoms with van der Waals surface area (Å²) in [6.07, 6.45) is 1.81. The standard InChI is InChI=1S/C11H18N2O/c1-9(8-14-3)13-10(2)11-6-4-5-7-12-11/h4-7,9-10,13H,8H2,1-3H3/t9-,10-/m0/s1. The minimum Gasteiger partial charge on any atom is -0.383 e. The van der Waals surface area contributed by atoms with Gasteiger partial charge in [-0.25, -0.2) is 0 Å². The molecule has 0 saturated carbocycles. The van der Waals surface area contributed by atoms with Crippen LogP contribution in [0.5, 0.6) is 0 Å². The van der Waals surface area contributed by atoms with Gasteiger partial charge in [-0.3, -0.25) is 4.98 Å². The van der Waals surface area contributed by atoms with Crippen LogP contribution in [0.3, 0.4) is 0 Å². The first-order valence-electron chi connectivity index (χ1n) is 4.90. The third-order valence-corrected chi connectivity index (χ3v) is 2.08. The summed E-state index contributed by atoms with van der Waals surface area (Å²) in [4.78, 5) is 4.29. The number of ether oxygens (including phenoxy) is 1. The second kappa shape index (κ2) is 5.73. The summed E-state index contributed by atoms with van der Waals surface area (Å²) >= 11 is 0. The number of methoxy groups -OCH3 is 1. The third-order valence-electron chi connectivity index (χ3n) is 2.08. The van der Waals surface area contributed by atoms with Crippen LogP contribution in [0.2, 0.25) is 0 Å². The van der Waals surface area contributed by atoms with Crippen LogP contribution in [0.1, 0.15) is 25.6 Å². The number of hydrogen-bond donors (Lipinski definition) is 1. The van der Waals surface area contributed by atoms with Crippen LogP contribution in [0, 0.1) is 0 Å². The number of nitrogens with zero attached hydrogens (tertiary/aromatic N) is 1. The van der Waals surface area contributed by atoms with E-state index in [1.54, 1.807) is 7.11 Å². The Kier molecular flexibility index (Phi) is 4.56. The van der Waals surface area contributed by atoms with Crippen LogP contribution in [0.4, 0.5) is 0 Å². The maximum atomic E-state index is 5.06. The number of aromatic nitrogens is 1. The Bertz CT molecular complexity index is 251. The van der Waals surface area contributed by atoms with Crippen molar-refractivity contribution in [2.75, 3.05) is 13.7 Å². The molecule has 0 unspecified atom stereocenters. The Morgan fingerprint density at radius 3 is 2.79 bits per heavy atom. The molecular formula is C11H18N2O.